The van der Waals surface area contributed by atoms with Crippen LogP contribution in [0.15, 0.2) is 78.9 Å². The summed E-state index contributed by atoms with van der Waals surface area (Å²) < 4.78 is 15.7. The van der Waals surface area contributed by atoms with Gasteiger partial charge in [0, 0.05) is 0 Å². The second kappa shape index (κ2) is 8.72. The van der Waals surface area contributed by atoms with E-state index in [4.69, 9.17) is 14.2 Å². The lowest BCUT2D eigenvalue weighted by Crippen LogP contribution is -2.14. The van der Waals surface area contributed by atoms with Crippen molar-refractivity contribution in [3.05, 3.63) is 84.4 Å². The Morgan fingerprint density at radius 1 is 0.769 bits per heavy atom. The van der Waals surface area contributed by atoms with Gasteiger partial charge in [0.15, 0.2) is 6.61 Å². The van der Waals surface area contributed by atoms with E-state index in [1.54, 1.807) is 31.4 Å². The molecule has 0 aromatic heterocycles. The zero-order chi connectivity index (χ0) is 18.2. The lowest BCUT2D eigenvalue weighted by molar-refractivity contribution is -0.147. The van der Waals surface area contributed by atoms with Crippen molar-refractivity contribution in [1.29, 1.82) is 0 Å². The van der Waals surface area contributed by atoms with E-state index in [0.717, 1.165) is 22.4 Å². The molecule has 3 aromatic carbocycles. The van der Waals surface area contributed by atoms with Crippen LogP contribution in [0.4, 0.5) is 0 Å². The first kappa shape index (κ1) is 17.5. The topological polar surface area (TPSA) is 44.8 Å². The molecule has 0 amide bonds. The van der Waals surface area contributed by atoms with Crippen molar-refractivity contribution in [3.8, 4) is 22.6 Å². The Labute approximate surface area is 153 Å². The highest BCUT2D eigenvalue weighted by molar-refractivity contribution is 5.71. The molecule has 3 aromatic rings. The van der Waals surface area contributed by atoms with Gasteiger partial charge in [-0.1, -0.05) is 54.6 Å². The molecule has 0 saturated heterocycles. The fourth-order valence-electron chi connectivity index (χ4n) is 2.44. The van der Waals surface area contributed by atoms with Crippen molar-refractivity contribution in [2.24, 2.45) is 0 Å². The molecule has 3 rings (SSSR count). The largest absolute Gasteiger partial charge is 0.497 e. The standard InChI is InChI=1S/C22H20O4/c1-24-20-11-13-21(14-12-20)25-16-22(23)26-15-17-7-9-19(10-8-17)18-5-3-2-4-6-18/h2-14H,15-16H2,1H3. The lowest BCUT2D eigenvalue weighted by Gasteiger charge is -2.08. The molecule has 0 radical (unpaired) electrons. The highest BCUT2D eigenvalue weighted by Gasteiger charge is 2.06. The molecule has 0 heterocycles. The predicted octanol–water partition coefficient (Wildman–Crippen LogP) is 4.48. The Morgan fingerprint density at radius 3 is 2.04 bits per heavy atom. The van der Waals surface area contributed by atoms with Gasteiger partial charge in [0.1, 0.15) is 18.1 Å². The van der Waals surface area contributed by atoms with Crippen LogP contribution in [-0.4, -0.2) is 19.7 Å². The van der Waals surface area contributed by atoms with Crippen molar-refractivity contribution in [3.63, 3.8) is 0 Å². The Bertz CT molecular complexity index is 824. The molecule has 0 bridgehead atoms. The Kier molecular flexibility index (Phi) is 5.88. The van der Waals surface area contributed by atoms with Crippen LogP contribution in [0.3, 0.4) is 0 Å². The third kappa shape index (κ3) is 4.86. The van der Waals surface area contributed by atoms with Crippen molar-refractivity contribution >= 4 is 5.97 Å². The van der Waals surface area contributed by atoms with Crippen LogP contribution in [0, 0.1) is 0 Å². The summed E-state index contributed by atoms with van der Waals surface area (Å²) in [5.41, 5.74) is 3.22. The van der Waals surface area contributed by atoms with Gasteiger partial charge in [0.05, 0.1) is 7.11 Å². The number of hydrogen-bond acceptors (Lipinski definition) is 4. The lowest BCUT2D eigenvalue weighted by atomic mass is 10.0. The molecule has 4 nitrogen and oxygen atoms in total. The third-order valence-corrected chi connectivity index (χ3v) is 3.88. The Balaban J connectivity index is 1.46. The number of methoxy groups -OCH3 is 1. The average Bonchev–Trinajstić information content (AvgIpc) is 2.72. The molecule has 0 saturated carbocycles. The summed E-state index contributed by atoms with van der Waals surface area (Å²) >= 11 is 0. The summed E-state index contributed by atoms with van der Waals surface area (Å²) in [5.74, 6) is 0.918. The maximum absolute atomic E-state index is 11.8. The van der Waals surface area contributed by atoms with Crippen molar-refractivity contribution in [1.82, 2.24) is 0 Å². The van der Waals surface area contributed by atoms with E-state index in [9.17, 15) is 4.79 Å². The summed E-state index contributed by atoms with van der Waals surface area (Å²) in [6, 6.07) is 25.1. The van der Waals surface area contributed by atoms with Crippen LogP contribution < -0.4 is 9.47 Å². The minimum atomic E-state index is -0.409. The van der Waals surface area contributed by atoms with E-state index in [2.05, 4.69) is 12.1 Å². The molecule has 4 heteroatoms. The molecule has 0 aliphatic rings. The second-order valence-electron chi connectivity index (χ2n) is 5.69. The first-order valence-electron chi connectivity index (χ1n) is 8.31. The SMILES string of the molecule is COc1ccc(OCC(=O)OCc2ccc(-c3ccccc3)cc2)cc1. The second-order valence-corrected chi connectivity index (χ2v) is 5.69. The van der Waals surface area contributed by atoms with Crippen molar-refractivity contribution < 1.29 is 19.0 Å². The van der Waals surface area contributed by atoms with Gasteiger partial charge in [-0.25, -0.2) is 4.79 Å². The molecule has 132 valence electrons. The highest BCUT2D eigenvalue weighted by Crippen LogP contribution is 2.20. The number of rotatable bonds is 7. The summed E-state index contributed by atoms with van der Waals surface area (Å²) in [6.07, 6.45) is 0. The fraction of sp³-hybridized carbons (Fsp3) is 0.136. The van der Waals surface area contributed by atoms with E-state index < -0.39 is 5.97 Å². The molecular weight excluding hydrogens is 328 g/mol. The van der Waals surface area contributed by atoms with Gasteiger partial charge >= 0.3 is 5.97 Å². The Morgan fingerprint density at radius 2 is 1.38 bits per heavy atom. The van der Waals surface area contributed by atoms with Crippen LogP contribution in [0.2, 0.25) is 0 Å². The smallest absolute Gasteiger partial charge is 0.344 e. The molecule has 26 heavy (non-hydrogen) atoms. The van der Waals surface area contributed by atoms with Crippen molar-refractivity contribution in [2.45, 2.75) is 6.61 Å². The molecular formula is C22H20O4. The average molecular weight is 348 g/mol. The Hall–Kier alpha value is -3.27. The van der Waals surface area contributed by atoms with Crippen LogP contribution >= 0.6 is 0 Å². The van der Waals surface area contributed by atoms with Gasteiger partial charge in [-0.15, -0.1) is 0 Å². The third-order valence-electron chi connectivity index (χ3n) is 3.88. The fourth-order valence-corrected chi connectivity index (χ4v) is 2.44. The van der Waals surface area contributed by atoms with E-state index in [0.29, 0.717) is 5.75 Å². The molecule has 0 unspecified atom stereocenters. The highest BCUT2D eigenvalue weighted by atomic mass is 16.6. The first-order chi connectivity index (χ1) is 12.7. The van der Waals surface area contributed by atoms with E-state index in [1.165, 1.54) is 0 Å². The van der Waals surface area contributed by atoms with Crippen LogP contribution in [0.5, 0.6) is 11.5 Å². The predicted molar refractivity (Wildman–Crippen MR) is 100 cm³/mol. The van der Waals surface area contributed by atoms with Crippen molar-refractivity contribution in [2.75, 3.05) is 13.7 Å². The molecule has 0 fully saturated rings. The van der Waals surface area contributed by atoms with Gasteiger partial charge in [-0.3, -0.25) is 0 Å². The number of benzene rings is 3. The summed E-state index contributed by atoms with van der Waals surface area (Å²) in [7, 11) is 1.60. The minimum absolute atomic E-state index is 0.131. The number of carbonyl (C=O) groups excluding carboxylic acids is 1. The maximum Gasteiger partial charge on any atom is 0.344 e. The van der Waals surface area contributed by atoms with Crippen LogP contribution in [-0.2, 0) is 16.1 Å². The van der Waals surface area contributed by atoms with Gasteiger partial charge in [-0.2, -0.15) is 0 Å². The number of esters is 1. The van der Waals surface area contributed by atoms with Crippen LogP contribution in [0.1, 0.15) is 5.56 Å². The number of ether oxygens (including phenoxy) is 3. The maximum atomic E-state index is 11.8. The molecule has 0 spiro atoms. The summed E-state index contributed by atoms with van der Waals surface area (Å²) in [6.45, 7) is 0.0916. The van der Waals surface area contributed by atoms with E-state index in [1.807, 2.05) is 42.5 Å². The zero-order valence-electron chi connectivity index (χ0n) is 14.6. The van der Waals surface area contributed by atoms with Gasteiger partial charge in [0.2, 0.25) is 0 Å². The molecule has 0 atom stereocenters. The molecule has 0 aliphatic heterocycles. The summed E-state index contributed by atoms with van der Waals surface area (Å²) in [5, 5.41) is 0. The molecule has 0 aliphatic carbocycles. The number of hydrogen-bond donors (Lipinski definition) is 0. The summed E-state index contributed by atoms with van der Waals surface area (Å²) in [4.78, 5) is 11.8. The van der Waals surface area contributed by atoms with Crippen LogP contribution in [0.25, 0.3) is 11.1 Å². The van der Waals surface area contributed by atoms with Gasteiger partial charge in [-0.05, 0) is 41.0 Å². The first-order valence-corrected chi connectivity index (χ1v) is 8.31. The quantitative estimate of drug-likeness (QED) is 0.590. The minimum Gasteiger partial charge on any atom is -0.497 e. The molecule has 0 N–H and O–H groups in total. The monoisotopic (exact) mass is 348 g/mol. The number of carbonyl (C=O) groups is 1. The normalized spacial score (nSPS) is 10.2. The van der Waals surface area contributed by atoms with Gasteiger partial charge in [0.25, 0.3) is 0 Å². The van der Waals surface area contributed by atoms with Gasteiger partial charge < -0.3 is 14.2 Å². The van der Waals surface area contributed by atoms with E-state index >= 15 is 0 Å². The van der Waals surface area contributed by atoms with E-state index in [-0.39, 0.29) is 13.2 Å². The zero-order valence-corrected chi connectivity index (χ0v) is 14.6.